The second-order valence-corrected chi connectivity index (χ2v) is 7.53. The first-order chi connectivity index (χ1) is 13.7. The van der Waals surface area contributed by atoms with Crippen LogP contribution in [0.4, 0.5) is 5.69 Å². The van der Waals surface area contributed by atoms with E-state index in [1.54, 1.807) is 25.2 Å². The number of methoxy groups -OCH3 is 1. The molecule has 0 aliphatic rings. The first kappa shape index (κ1) is 22.3. The number of carbonyl (C=O) groups excluding carboxylic acids is 2. The van der Waals surface area contributed by atoms with Gasteiger partial charge in [-0.15, -0.1) is 0 Å². The maximum absolute atomic E-state index is 12.7. The SMILES string of the molecule is COc1cc(C(=O)N(C)CC(=O)Nc2cccc(C)c2C)ccc1OCC(C)C. The van der Waals surface area contributed by atoms with E-state index in [2.05, 4.69) is 19.2 Å². The molecule has 2 amide bonds. The summed E-state index contributed by atoms with van der Waals surface area (Å²) in [5, 5.41) is 2.87. The van der Waals surface area contributed by atoms with Gasteiger partial charge in [-0.2, -0.15) is 0 Å². The van der Waals surface area contributed by atoms with E-state index in [1.807, 2.05) is 32.0 Å². The van der Waals surface area contributed by atoms with Gasteiger partial charge in [0, 0.05) is 18.3 Å². The van der Waals surface area contributed by atoms with Crippen LogP contribution in [-0.2, 0) is 4.79 Å². The minimum Gasteiger partial charge on any atom is -0.493 e. The largest absolute Gasteiger partial charge is 0.493 e. The molecule has 0 aliphatic carbocycles. The molecular formula is C23H30N2O4. The Bertz CT molecular complexity index is 877. The summed E-state index contributed by atoms with van der Waals surface area (Å²) in [4.78, 5) is 26.5. The Morgan fingerprint density at radius 3 is 2.48 bits per heavy atom. The lowest BCUT2D eigenvalue weighted by molar-refractivity contribution is -0.116. The summed E-state index contributed by atoms with van der Waals surface area (Å²) >= 11 is 0. The van der Waals surface area contributed by atoms with Gasteiger partial charge in [-0.3, -0.25) is 9.59 Å². The van der Waals surface area contributed by atoms with Crippen molar-refractivity contribution in [2.24, 2.45) is 5.92 Å². The zero-order chi connectivity index (χ0) is 21.6. The molecule has 0 spiro atoms. The molecule has 6 heteroatoms. The Labute approximate surface area is 172 Å². The molecule has 0 atom stereocenters. The third kappa shape index (κ3) is 5.98. The van der Waals surface area contributed by atoms with Crippen molar-refractivity contribution >= 4 is 17.5 Å². The quantitative estimate of drug-likeness (QED) is 0.728. The summed E-state index contributed by atoms with van der Waals surface area (Å²) < 4.78 is 11.1. The van der Waals surface area contributed by atoms with Crippen LogP contribution in [0.3, 0.4) is 0 Å². The number of amides is 2. The van der Waals surface area contributed by atoms with E-state index < -0.39 is 0 Å². The number of rotatable bonds is 8. The number of likely N-dealkylation sites (N-methyl/N-ethyl adjacent to an activating group) is 1. The number of hydrogen-bond donors (Lipinski definition) is 1. The fourth-order valence-electron chi connectivity index (χ4n) is 2.76. The maximum atomic E-state index is 12.7. The van der Waals surface area contributed by atoms with E-state index in [-0.39, 0.29) is 18.4 Å². The number of nitrogens with one attached hydrogen (secondary N) is 1. The van der Waals surface area contributed by atoms with Gasteiger partial charge in [0.15, 0.2) is 11.5 Å². The Morgan fingerprint density at radius 1 is 1.10 bits per heavy atom. The molecule has 6 nitrogen and oxygen atoms in total. The number of anilines is 1. The average molecular weight is 399 g/mol. The molecule has 29 heavy (non-hydrogen) atoms. The van der Waals surface area contributed by atoms with Crippen molar-refractivity contribution in [3.05, 3.63) is 53.1 Å². The van der Waals surface area contributed by atoms with Crippen molar-refractivity contribution in [1.29, 1.82) is 0 Å². The lowest BCUT2D eigenvalue weighted by Crippen LogP contribution is -2.35. The van der Waals surface area contributed by atoms with Crippen molar-refractivity contribution in [2.45, 2.75) is 27.7 Å². The Balaban J connectivity index is 2.05. The third-order valence-corrected chi connectivity index (χ3v) is 4.59. The lowest BCUT2D eigenvalue weighted by atomic mass is 10.1. The molecule has 0 fully saturated rings. The summed E-state index contributed by atoms with van der Waals surface area (Å²) in [6.07, 6.45) is 0. The minimum atomic E-state index is -0.269. The molecule has 0 saturated heterocycles. The maximum Gasteiger partial charge on any atom is 0.254 e. The molecular weight excluding hydrogens is 368 g/mol. The van der Waals surface area contributed by atoms with Crippen molar-refractivity contribution in [3.8, 4) is 11.5 Å². The van der Waals surface area contributed by atoms with Crippen LogP contribution in [0.1, 0.15) is 35.3 Å². The van der Waals surface area contributed by atoms with E-state index in [0.717, 1.165) is 16.8 Å². The van der Waals surface area contributed by atoms with Gasteiger partial charge in [0.25, 0.3) is 5.91 Å². The molecule has 0 saturated carbocycles. The Kier molecular flexibility index (Phi) is 7.65. The molecule has 0 radical (unpaired) electrons. The highest BCUT2D eigenvalue weighted by molar-refractivity contribution is 5.99. The van der Waals surface area contributed by atoms with Gasteiger partial charge in [0.05, 0.1) is 20.3 Å². The molecule has 0 aliphatic heterocycles. The van der Waals surface area contributed by atoms with E-state index in [4.69, 9.17) is 9.47 Å². The highest BCUT2D eigenvalue weighted by atomic mass is 16.5. The van der Waals surface area contributed by atoms with Crippen LogP contribution in [0.25, 0.3) is 0 Å². The van der Waals surface area contributed by atoms with Crippen LogP contribution in [0, 0.1) is 19.8 Å². The Hall–Kier alpha value is -3.02. The molecule has 2 rings (SSSR count). The number of nitrogens with zero attached hydrogens (tertiary/aromatic N) is 1. The number of hydrogen-bond acceptors (Lipinski definition) is 4. The monoisotopic (exact) mass is 398 g/mol. The van der Waals surface area contributed by atoms with E-state index in [9.17, 15) is 9.59 Å². The minimum absolute atomic E-state index is 0.0554. The molecule has 0 unspecified atom stereocenters. The van der Waals surface area contributed by atoms with Gasteiger partial charge < -0.3 is 19.7 Å². The van der Waals surface area contributed by atoms with Gasteiger partial charge in [-0.05, 0) is 55.2 Å². The van der Waals surface area contributed by atoms with Crippen molar-refractivity contribution in [3.63, 3.8) is 0 Å². The Morgan fingerprint density at radius 2 is 1.83 bits per heavy atom. The van der Waals surface area contributed by atoms with Crippen molar-refractivity contribution < 1.29 is 19.1 Å². The second kappa shape index (κ2) is 9.96. The summed E-state index contributed by atoms with van der Waals surface area (Å²) in [7, 11) is 3.13. The number of aryl methyl sites for hydroxylation is 1. The molecule has 1 N–H and O–H groups in total. The number of ether oxygens (including phenoxy) is 2. The van der Waals surface area contributed by atoms with Gasteiger partial charge in [-0.1, -0.05) is 26.0 Å². The first-order valence-corrected chi connectivity index (χ1v) is 9.65. The smallest absolute Gasteiger partial charge is 0.254 e. The predicted molar refractivity (Wildman–Crippen MR) is 115 cm³/mol. The summed E-state index contributed by atoms with van der Waals surface area (Å²) in [6.45, 7) is 8.56. The van der Waals surface area contributed by atoms with E-state index in [0.29, 0.717) is 29.6 Å². The summed E-state index contributed by atoms with van der Waals surface area (Å²) in [5.41, 5.74) is 3.29. The van der Waals surface area contributed by atoms with Crippen molar-refractivity contribution in [2.75, 3.05) is 32.6 Å². The van der Waals surface area contributed by atoms with Crippen LogP contribution < -0.4 is 14.8 Å². The predicted octanol–water partition coefficient (Wildman–Crippen LogP) is 4.06. The summed E-state index contributed by atoms with van der Waals surface area (Å²) in [6, 6.07) is 10.8. The zero-order valence-corrected chi connectivity index (χ0v) is 18.0. The number of benzene rings is 2. The second-order valence-electron chi connectivity index (χ2n) is 7.53. The van der Waals surface area contributed by atoms with Crippen LogP contribution in [0.5, 0.6) is 11.5 Å². The normalized spacial score (nSPS) is 10.6. The van der Waals surface area contributed by atoms with Gasteiger partial charge in [-0.25, -0.2) is 0 Å². The third-order valence-electron chi connectivity index (χ3n) is 4.59. The molecule has 0 heterocycles. The molecule has 2 aromatic carbocycles. The van der Waals surface area contributed by atoms with Gasteiger partial charge >= 0.3 is 0 Å². The van der Waals surface area contributed by atoms with E-state index in [1.165, 1.54) is 12.0 Å². The van der Waals surface area contributed by atoms with Gasteiger partial charge in [0.1, 0.15) is 0 Å². The average Bonchev–Trinajstić information content (AvgIpc) is 2.69. The molecule has 156 valence electrons. The number of carbonyl (C=O) groups is 2. The standard InChI is InChI=1S/C23H30N2O4/c1-15(2)14-29-20-11-10-18(12-21(20)28-6)23(27)25(5)13-22(26)24-19-9-7-8-16(3)17(19)4/h7-12,15H,13-14H2,1-6H3,(H,24,26). The van der Waals surface area contributed by atoms with Gasteiger partial charge in [0.2, 0.25) is 5.91 Å². The van der Waals surface area contributed by atoms with Crippen molar-refractivity contribution in [1.82, 2.24) is 4.90 Å². The fourth-order valence-corrected chi connectivity index (χ4v) is 2.76. The fraction of sp³-hybridized carbons (Fsp3) is 0.391. The van der Waals surface area contributed by atoms with Crippen LogP contribution in [0.15, 0.2) is 36.4 Å². The van der Waals surface area contributed by atoms with Crippen LogP contribution >= 0.6 is 0 Å². The van der Waals surface area contributed by atoms with Crippen LogP contribution in [0.2, 0.25) is 0 Å². The molecule has 2 aromatic rings. The molecule has 0 bridgehead atoms. The topological polar surface area (TPSA) is 67.9 Å². The highest BCUT2D eigenvalue weighted by Crippen LogP contribution is 2.29. The zero-order valence-electron chi connectivity index (χ0n) is 18.0. The first-order valence-electron chi connectivity index (χ1n) is 9.65. The highest BCUT2D eigenvalue weighted by Gasteiger charge is 2.18. The van der Waals surface area contributed by atoms with Crippen LogP contribution in [-0.4, -0.2) is 44.0 Å². The van der Waals surface area contributed by atoms with E-state index >= 15 is 0 Å². The lowest BCUT2D eigenvalue weighted by Gasteiger charge is -2.19. The molecule has 0 aromatic heterocycles. The summed E-state index contributed by atoms with van der Waals surface area (Å²) in [5.74, 6) is 0.939.